The third-order valence-electron chi connectivity index (χ3n) is 0.201. The predicted octanol–water partition coefficient (Wildman–Crippen LogP) is -1.97. The van der Waals surface area contributed by atoms with Crippen molar-refractivity contribution in [3.8, 4) is 0 Å². The summed E-state index contributed by atoms with van der Waals surface area (Å²) in [4.78, 5) is 9.47. The van der Waals surface area contributed by atoms with Gasteiger partial charge in [0, 0.05) is 0 Å². The number of hydrogen-bond acceptors (Lipinski definition) is 1. The molecule has 0 spiro atoms. The summed E-state index contributed by atoms with van der Waals surface area (Å²) >= 11 is 0. The molecule has 0 aliphatic rings. The van der Waals surface area contributed by atoms with Gasteiger partial charge in [0.15, 0.2) is 0 Å². The molecule has 0 saturated carbocycles. The van der Waals surface area contributed by atoms with Crippen molar-refractivity contribution in [3.05, 3.63) is 12.7 Å². The number of amides is 1. The molecule has 0 heterocycles. The van der Waals surface area contributed by atoms with Crippen LogP contribution in [0.25, 0.3) is 0 Å². The van der Waals surface area contributed by atoms with Gasteiger partial charge in [0.1, 0.15) is 0 Å². The number of carbonyl (C=O) groups is 1. The topological polar surface area (TPSA) is 138 Å². The van der Waals surface area contributed by atoms with Crippen LogP contribution in [0.3, 0.4) is 0 Å². The van der Waals surface area contributed by atoms with Crippen LogP contribution in [0.2, 0.25) is 0 Å². The third-order valence-corrected chi connectivity index (χ3v) is 0.201. The molecule has 0 aromatic heterocycles. The molecular formula is C3H13Cl2NO4. The zero-order chi connectivity index (χ0) is 4.28. The Morgan fingerprint density at radius 2 is 1.30 bits per heavy atom. The average molecular weight is 198 g/mol. The normalized spacial score (nSPS) is 3.20. The van der Waals surface area contributed by atoms with Crippen LogP contribution in [0.4, 0.5) is 0 Å². The summed E-state index contributed by atoms with van der Waals surface area (Å²) in [5.74, 6) is -0.481. The first kappa shape index (κ1) is 54.0. The Morgan fingerprint density at radius 1 is 1.20 bits per heavy atom. The summed E-state index contributed by atoms with van der Waals surface area (Å²) in [6, 6.07) is 0. The van der Waals surface area contributed by atoms with Crippen LogP contribution in [0.1, 0.15) is 0 Å². The van der Waals surface area contributed by atoms with E-state index in [0.29, 0.717) is 0 Å². The maximum absolute atomic E-state index is 9.47. The monoisotopic (exact) mass is 197 g/mol. The summed E-state index contributed by atoms with van der Waals surface area (Å²) in [6.45, 7) is 3.09. The Kier molecular flexibility index (Phi) is 204. The van der Waals surface area contributed by atoms with Gasteiger partial charge in [0.05, 0.1) is 0 Å². The van der Waals surface area contributed by atoms with Gasteiger partial charge >= 0.3 is 0 Å². The number of rotatable bonds is 1. The van der Waals surface area contributed by atoms with E-state index in [2.05, 4.69) is 12.3 Å². The lowest BCUT2D eigenvalue weighted by molar-refractivity contribution is -0.113. The van der Waals surface area contributed by atoms with Crippen molar-refractivity contribution in [1.82, 2.24) is 0 Å². The molecule has 0 aromatic rings. The molecule has 0 fully saturated rings. The Morgan fingerprint density at radius 3 is 1.30 bits per heavy atom. The molecule has 1 amide bonds. The predicted molar refractivity (Wildman–Crippen MR) is 44.7 cm³/mol. The molecule has 0 radical (unpaired) electrons. The van der Waals surface area contributed by atoms with E-state index in [0.717, 1.165) is 6.08 Å². The highest BCUT2D eigenvalue weighted by molar-refractivity contribution is 5.85. The molecule has 0 unspecified atom stereocenters. The van der Waals surface area contributed by atoms with Gasteiger partial charge in [-0.05, 0) is 6.08 Å². The summed E-state index contributed by atoms with van der Waals surface area (Å²) in [5, 5.41) is 0. The van der Waals surface area contributed by atoms with Crippen molar-refractivity contribution in [2.24, 2.45) is 5.73 Å². The van der Waals surface area contributed by atoms with E-state index in [9.17, 15) is 4.79 Å². The quantitative estimate of drug-likeness (QED) is 0.479. The van der Waals surface area contributed by atoms with Crippen LogP contribution in [0.15, 0.2) is 12.7 Å². The lowest BCUT2D eigenvalue weighted by Gasteiger charge is -1.65. The fourth-order valence-electron chi connectivity index (χ4n) is 0. The standard InChI is InChI=1S/C3H5NO.2ClH.3H2O/c1-2-3(4)5;;;;;/h2H,1H2,(H2,4,5);2*1H;3*1H2. The molecule has 0 aliphatic heterocycles. The second-order valence-electron chi connectivity index (χ2n) is 0.606. The molecule has 0 aliphatic carbocycles. The Bertz CT molecular complexity index is 69.5. The zero-order valence-electron chi connectivity index (χ0n) is 5.09. The molecule has 8 N–H and O–H groups in total. The smallest absolute Gasteiger partial charge is 0.240 e. The molecule has 68 valence electrons. The first-order chi connectivity index (χ1) is 2.27. The van der Waals surface area contributed by atoms with E-state index in [1.165, 1.54) is 0 Å². The van der Waals surface area contributed by atoms with Gasteiger partial charge in [-0.1, -0.05) is 6.58 Å². The first-order valence-corrected chi connectivity index (χ1v) is 1.19. The van der Waals surface area contributed by atoms with Crippen LogP contribution < -0.4 is 5.73 Å². The minimum Gasteiger partial charge on any atom is -0.412 e. The molecule has 10 heavy (non-hydrogen) atoms. The number of hydrogen-bond donors (Lipinski definition) is 1. The SMILES string of the molecule is C=CC(N)=O.Cl.Cl.O.O.O. The van der Waals surface area contributed by atoms with Gasteiger partial charge in [-0.15, -0.1) is 24.8 Å². The fourth-order valence-corrected chi connectivity index (χ4v) is 0. The summed E-state index contributed by atoms with van der Waals surface area (Å²) in [5.41, 5.74) is 4.53. The van der Waals surface area contributed by atoms with Gasteiger partial charge in [0.2, 0.25) is 5.91 Å². The summed E-state index contributed by atoms with van der Waals surface area (Å²) < 4.78 is 0. The van der Waals surface area contributed by atoms with Crippen LogP contribution in [0, 0.1) is 0 Å². The van der Waals surface area contributed by atoms with E-state index in [1.807, 2.05) is 0 Å². The third kappa shape index (κ3) is 122. The molecule has 0 bridgehead atoms. The largest absolute Gasteiger partial charge is 0.412 e. The lowest BCUT2D eigenvalue weighted by atomic mass is 10.6. The number of carbonyl (C=O) groups excluding carboxylic acids is 1. The highest BCUT2D eigenvalue weighted by Crippen LogP contribution is 1.48. The van der Waals surface area contributed by atoms with E-state index in [4.69, 9.17) is 0 Å². The second-order valence-corrected chi connectivity index (χ2v) is 0.606. The molecule has 5 nitrogen and oxygen atoms in total. The maximum atomic E-state index is 9.47. The molecular weight excluding hydrogens is 185 g/mol. The first-order valence-electron chi connectivity index (χ1n) is 1.19. The van der Waals surface area contributed by atoms with Gasteiger partial charge in [-0.25, -0.2) is 0 Å². The maximum Gasteiger partial charge on any atom is 0.240 e. The van der Waals surface area contributed by atoms with Crippen molar-refractivity contribution in [1.29, 1.82) is 0 Å². The van der Waals surface area contributed by atoms with Gasteiger partial charge < -0.3 is 22.2 Å². The van der Waals surface area contributed by atoms with Crippen molar-refractivity contribution in [2.45, 2.75) is 0 Å². The minimum atomic E-state index is -0.481. The summed E-state index contributed by atoms with van der Waals surface area (Å²) in [6.07, 6.45) is 1.06. The number of primary amides is 1. The van der Waals surface area contributed by atoms with E-state index >= 15 is 0 Å². The molecule has 0 aromatic carbocycles. The van der Waals surface area contributed by atoms with Crippen LogP contribution in [0.5, 0.6) is 0 Å². The molecule has 7 heteroatoms. The van der Waals surface area contributed by atoms with Crippen molar-refractivity contribution in [2.75, 3.05) is 0 Å². The summed E-state index contributed by atoms with van der Waals surface area (Å²) in [7, 11) is 0. The average Bonchev–Trinajstić information content (AvgIpc) is 1.38. The molecule has 0 saturated heterocycles. The lowest BCUT2D eigenvalue weighted by Crippen LogP contribution is -2.04. The Labute approximate surface area is 71.0 Å². The van der Waals surface area contributed by atoms with E-state index in [-0.39, 0.29) is 41.2 Å². The fraction of sp³-hybridized carbons (Fsp3) is 0. The number of halogens is 2. The molecule has 0 atom stereocenters. The molecule has 0 rings (SSSR count). The van der Waals surface area contributed by atoms with Crippen molar-refractivity contribution < 1.29 is 21.2 Å². The highest BCUT2D eigenvalue weighted by Gasteiger charge is 1.69. The van der Waals surface area contributed by atoms with Crippen LogP contribution in [-0.4, -0.2) is 22.3 Å². The Balaban J connectivity index is -0.00000000800. The van der Waals surface area contributed by atoms with Crippen molar-refractivity contribution >= 4 is 30.7 Å². The van der Waals surface area contributed by atoms with Gasteiger partial charge in [-0.3, -0.25) is 4.79 Å². The minimum absolute atomic E-state index is 0. The highest BCUT2D eigenvalue weighted by atomic mass is 35.5. The van der Waals surface area contributed by atoms with E-state index < -0.39 is 5.91 Å². The second kappa shape index (κ2) is 37.9. The van der Waals surface area contributed by atoms with Crippen molar-refractivity contribution in [3.63, 3.8) is 0 Å². The van der Waals surface area contributed by atoms with E-state index in [1.54, 1.807) is 0 Å². The number of nitrogens with two attached hydrogens (primary N) is 1. The van der Waals surface area contributed by atoms with Crippen LogP contribution >= 0.6 is 24.8 Å². The van der Waals surface area contributed by atoms with Gasteiger partial charge in [-0.2, -0.15) is 0 Å². The van der Waals surface area contributed by atoms with Gasteiger partial charge in [0.25, 0.3) is 0 Å². The Hall–Kier alpha value is -0.330. The van der Waals surface area contributed by atoms with Crippen LogP contribution in [-0.2, 0) is 4.79 Å². The zero-order valence-corrected chi connectivity index (χ0v) is 6.72.